The Morgan fingerprint density at radius 3 is 0.464 bits per heavy atom. The largest absolute Gasteiger partial charge is 0.311 e. The molecule has 266 valence electrons. The van der Waals surface area contributed by atoms with Crippen LogP contribution in [0.1, 0.15) is 0 Å². The van der Waals surface area contributed by atoms with Gasteiger partial charge >= 0.3 is 0 Å². The molecule has 0 unspecified atom stereocenters. The van der Waals surface area contributed by atoms with E-state index in [0.717, 1.165) is 34.1 Å². The van der Waals surface area contributed by atoms with Crippen LogP contribution in [0.3, 0.4) is 0 Å². The van der Waals surface area contributed by atoms with Crippen LogP contribution in [-0.2, 0) is 0 Å². The third-order valence-corrected chi connectivity index (χ3v) is 10.3. The van der Waals surface area contributed by atoms with Gasteiger partial charge < -0.3 is 9.80 Å². The van der Waals surface area contributed by atoms with Gasteiger partial charge in [-0.25, -0.2) is 0 Å². The van der Waals surface area contributed by atoms with Crippen LogP contribution in [0.25, 0.3) is 44.5 Å². The average molecular weight is 717 g/mol. The summed E-state index contributed by atoms with van der Waals surface area (Å²) in [4.78, 5) is 4.67. The van der Waals surface area contributed by atoms with Gasteiger partial charge in [0.2, 0.25) is 0 Å². The van der Waals surface area contributed by atoms with E-state index in [4.69, 9.17) is 0 Å². The number of rotatable bonds is 10. The maximum absolute atomic E-state index is 2.33. The molecule has 2 nitrogen and oxygen atoms in total. The van der Waals surface area contributed by atoms with E-state index < -0.39 is 0 Å². The molecule has 0 spiro atoms. The second-order valence-electron chi connectivity index (χ2n) is 13.8. The zero-order valence-corrected chi connectivity index (χ0v) is 31.0. The van der Waals surface area contributed by atoms with Crippen molar-refractivity contribution in [2.45, 2.75) is 0 Å². The van der Waals surface area contributed by atoms with Crippen molar-refractivity contribution in [3.8, 4) is 44.5 Å². The summed E-state index contributed by atoms with van der Waals surface area (Å²) in [5.41, 5.74) is 16.1. The second-order valence-corrected chi connectivity index (χ2v) is 13.8. The maximum Gasteiger partial charge on any atom is 0.0463 e. The van der Waals surface area contributed by atoms with Gasteiger partial charge in [-0.05, 0) is 117 Å². The van der Waals surface area contributed by atoms with Gasteiger partial charge in [-0.2, -0.15) is 0 Å². The van der Waals surface area contributed by atoms with Gasteiger partial charge in [0, 0.05) is 34.1 Å². The molecule has 0 atom stereocenters. The molecule has 0 saturated carbocycles. The molecular formula is C54H40N2. The van der Waals surface area contributed by atoms with E-state index in [1.807, 2.05) is 0 Å². The molecule has 0 aliphatic heterocycles. The molecule has 56 heavy (non-hydrogen) atoms. The standard InChI is InChI=1S/C54H40N2/c1-5-13-41(14-6-1)45-21-29-49(30-22-45)55(50-31-23-46(24-32-50)42-15-7-2-8-16-42)53-37-39-54(40-38-53)56(51-33-25-47(26-34-51)43-17-9-3-10-18-43)52-35-27-48(28-36-52)44-19-11-4-12-20-44/h1-40H. The zero-order valence-electron chi connectivity index (χ0n) is 31.0. The maximum atomic E-state index is 2.33. The molecule has 0 bridgehead atoms. The number of hydrogen-bond acceptors (Lipinski definition) is 2. The summed E-state index contributed by atoms with van der Waals surface area (Å²) >= 11 is 0. The third-order valence-electron chi connectivity index (χ3n) is 10.3. The fraction of sp³-hybridized carbons (Fsp3) is 0. The zero-order chi connectivity index (χ0) is 37.5. The van der Waals surface area contributed by atoms with E-state index >= 15 is 0 Å². The van der Waals surface area contributed by atoms with Crippen LogP contribution in [0, 0.1) is 0 Å². The fourth-order valence-electron chi connectivity index (χ4n) is 7.38. The number of benzene rings is 9. The van der Waals surface area contributed by atoms with Crippen LogP contribution in [-0.4, -0.2) is 0 Å². The minimum Gasteiger partial charge on any atom is -0.311 e. The highest BCUT2D eigenvalue weighted by molar-refractivity contribution is 5.84. The molecule has 2 heteroatoms. The van der Waals surface area contributed by atoms with Crippen LogP contribution in [0.15, 0.2) is 243 Å². The molecule has 9 rings (SSSR count). The van der Waals surface area contributed by atoms with Crippen molar-refractivity contribution in [3.63, 3.8) is 0 Å². The van der Waals surface area contributed by atoms with Crippen LogP contribution >= 0.6 is 0 Å². The number of anilines is 6. The normalized spacial score (nSPS) is 10.9. The molecule has 0 aliphatic rings. The Balaban J connectivity index is 1.10. The van der Waals surface area contributed by atoms with Crippen molar-refractivity contribution in [1.29, 1.82) is 0 Å². The van der Waals surface area contributed by atoms with Crippen LogP contribution in [0.2, 0.25) is 0 Å². The first kappa shape index (κ1) is 34.4. The minimum absolute atomic E-state index is 1.08. The number of hydrogen-bond donors (Lipinski definition) is 0. The van der Waals surface area contributed by atoms with Gasteiger partial charge in [-0.15, -0.1) is 0 Å². The van der Waals surface area contributed by atoms with Crippen molar-refractivity contribution >= 4 is 34.1 Å². The van der Waals surface area contributed by atoms with Crippen LogP contribution in [0.4, 0.5) is 34.1 Å². The van der Waals surface area contributed by atoms with Gasteiger partial charge in [0.15, 0.2) is 0 Å². The Morgan fingerprint density at radius 1 is 0.143 bits per heavy atom. The molecule has 9 aromatic carbocycles. The lowest BCUT2D eigenvalue weighted by Gasteiger charge is -2.29. The monoisotopic (exact) mass is 716 g/mol. The van der Waals surface area contributed by atoms with E-state index in [9.17, 15) is 0 Å². The summed E-state index contributed by atoms with van der Waals surface area (Å²) in [5.74, 6) is 0. The van der Waals surface area contributed by atoms with Gasteiger partial charge in [-0.3, -0.25) is 0 Å². The summed E-state index contributed by atoms with van der Waals surface area (Å²) in [6.07, 6.45) is 0. The molecule has 0 heterocycles. The first-order valence-electron chi connectivity index (χ1n) is 19.1. The van der Waals surface area contributed by atoms with Crippen molar-refractivity contribution < 1.29 is 0 Å². The summed E-state index contributed by atoms with van der Waals surface area (Å²) in [7, 11) is 0. The van der Waals surface area contributed by atoms with Crippen molar-refractivity contribution in [2.24, 2.45) is 0 Å². The molecule has 0 N–H and O–H groups in total. The van der Waals surface area contributed by atoms with Gasteiger partial charge in [0.25, 0.3) is 0 Å². The van der Waals surface area contributed by atoms with Crippen LogP contribution in [0.5, 0.6) is 0 Å². The highest BCUT2D eigenvalue weighted by Gasteiger charge is 2.17. The highest BCUT2D eigenvalue weighted by atomic mass is 15.2. The second kappa shape index (κ2) is 15.9. The SMILES string of the molecule is c1ccc(-c2ccc(N(c3ccc(-c4ccccc4)cc3)c3ccc(N(c4ccc(-c5ccccc5)cc4)c4ccc(-c5ccccc5)cc4)cc3)cc2)cc1. The van der Waals surface area contributed by atoms with Crippen LogP contribution < -0.4 is 9.80 Å². The van der Waals surface area contributed by atoms with Gasteiger partial charge in [-0.1, -0.05) is 170 Å². The van der Waals surface area contributed by atoms with E-state index in [2.05, 4.69) is 252 Å². The summed E-state index contributed by atoms with van der Waals surface area (Å²) in [6, 6.07) is 86.6. The Kier molecular flexibility index (Phi) is 9.75. The molecule has 0 aromatic heterocycles. The van der Waals surface area contributed by atoms with Gasteiger partial charge in [0.1, 0.15) is 0 Å². The topological polar surface area (TPSA) is 6.48 Å². The molecule has 0 aliphatic carbocycles. The van der Waals surface area contributed by atoms with E-state index in [1.54, 1.807) is 0 Å². The van der Waals surface area contributed by atoms with Crippen molar-refractivity contribution in [3.05, 3.63) is 243 Å². The highest BCUT2D eigenvalue weighted by Crippen LogP contribution is 2.41. The number of nitrogens with zero attached hydrogens (tertiary/aromatic N) is 2. The van der Waals surface area contributed by atoms with E-state index in [-0.39, 0.29) is 0 Å². The molecule has 0 amide bonds. The lowest BCUT2D eigenvalue weighted by Crippen LogP contribution is -2.12. The quantitative estimate of drug-likeness (QED) is 0.139. The summed E-state index contributed by atoms with van der Waals surface area (Å²) in [6.45, 7) is 0. The third kappa shape index (κ3) is 7.37. The molecule has 0 fully saturated rings. The smallest absolute Gasteiger partial charge is 0.0463 e. The Bertz CT molecular complexity index is 2250. The first-order chi connectivity index (χ1) is 27.8. The Labute approximate surface area is 329 Å². The summed E-state index contributed by atoms with van der Waals surface area (Å²) in [5, 5.41) is 0. The summed E-state index contributed by atoms with van der Waals surface area (Å²) < 4.78 is 0. The predicted octanol–water partition coefficient (Wildman–Crippen LogP) is 15.3. The average Bonchev–Trinajstić information content (AvgIpc) is 3.29. The first-order valence-corrected chi connectivity index (χ1v) is 19.1. The Hall–Kier alpha value is -7.42. The molecular weight excluding hydrogens is 677 g/mol. The molecule has 0 radical (unpaired) electrons. The molecule has 0 saturated heterocycles. The fourth-order valence-corrected chi connectivity index (χ4v) is 7.38. The minimum atomic E-state index is 1.08. The van der Waals surface area contributed by atoms with Gasteiger partial charge in [0.05, 0.1) is 0 Å². The van der Waals surface area contributed by atoms with E-state index in [1.165, 1.54) is 44.5 Å². The predicted molar refractivity (Wildman–Crippen MR) is 238 cm³/mol. The van der Waals surface area contributed by atoms with Crippen molar-refractivity contribution in [1.82, 2.24) is 0 Å². The van der Waals surface area contributed by atoms with Crippen molar-refractivity contribution in [2.75, 3.05) is 9.80 Å². The van der Waals surface area contributed by atoms with E-state index in [0.29, 0.717) is 0 Å². The lowest BCUT2D eigenvalue weighted by molar-refractivity contribution is 1.26. The molecule has 9 aromatic rings. The lowest BCUT2D eigenvalue weighted by atomic mass is 10.0. The Morgan fingerprint density at radius 2 is 0.286 bits per heavy atom.